The van der Waals surface area contributed by atoms with E-state index in [0.29, 0.717) is 16.1 Å². The molecule has 0 heterocycles. The highest BCUT2D eigenvalue weighted by Gasteiger charge is 2.40. The first-order chi connectivity index (χ1) is 11.8. The number of alkyl halides is 3. The van der Waals surface area contributed by atoms with Gasteiger partial charge in [-0.15, -0.1) is 0 Å². The van der Waals surface area contributed by atoms with Crippen molar-refractivity contribution in [2.24, 2.45) is 0 Å². The number of benzene rings is 1. The quantitative estimate of drug-likeness (QED) is 0.606. The minimum Gasteiger partial charge on any atom is -0.444 e. The van der Waals surface area contributed by atoms with Gasteiger partial charge in [0.15, 0.2) is 0 Å². The number of carbonyl (C=O) groups excluding carboxylic acids is 1. The third kappa shape index (κ3) is 8.85. The smallest absolute Gasteiger partial charge is 0.407 e. The van der Waals surface area contributed by atoms with Gasteiger partial charge in [0.25, 0.3) is 0 Å². The predicted octanol–water partition coefficient (Wildman–Crippen LogP) is 5.24. The summed E-state index contributed by atoms with van der Waals surface area (Å²) >= 11 is 5.97. The average molecular weight is 431 g/mol. The van der Waals surface area contributed by atoms with Gasteiger partial charge in [0.1, 0.15) is 11.6 Å². The summed E-state index contributed by atoms with van der Waals surface area (Å²) in [7, 11) is 1.34. The summed E-state index contributed by atoms with van der Waals surface area (Å²) in [6.07, 6.45) is -5.29. The molecule has 3 unspecified atom stereocenters. The van der Waals surface area contributed by atoms with E-state index < -0.39 is 31.7 Å². The Balaban J connectivity index is 2.93. The van der Waals surface area contributed by atoms with Crippen molar-refractivity contribution in [2.45, 2.75) is 51.6 Å². The molecule has 2 N–H and O–H groups in total. The molecule has 0 aliphatic rings. The van der Waals surface area contributed by atoms with Crippen molar-refractivity contribution in [3.05, 3.63) is 34.3 Å². The maximum atomic E-state index is 13.3. The zero-order valence-electron chi connectivity index (χ0n) is 15.1. The Kier molecular flexibility index (Phi) is 8.60. The first-order valence-electron chi connectivity index (χ1n) is 7.83. The Bertz CT molecular complexity index is 622. The molecular formula is C16H24ClF3N2O2P2. The van der Waals surface area contributed by atoms with Crippen LogP contribution < -0.4 is 10.4 Å². The second kappa shape index (κ2) is 9.54. The van der Waals surface area contributed by atoms with E-state index in [9.17, 15) is 18.0 Å². The molecule has 0 saturated carbocycles. The number of halogens is 4. The van der Waals surface area contributed by atoms with Crippen LogP contribution in [0.3, 0.4) is 0 Å². The molecule has 148 valence electrons. The van der Waals surface area contributed by atoms with Crippen molar-refractivity contribution in [2.75, 3.05) is 6.66 Å². The number of carbonyl (C=O) groups is 1. The molecule has 0 fully saturated rings. The normalized spacial score (nSPS) is 14.7. The van der Waals surface area contributed by atoms with E-state index in [1.54, 1.807) is 39.6 Å². The number of rotatable bonds is 6. The van der Waals surface area contributed by atoms with E-state index in [1.807, 2.05) is 0 Å². The Morgan fingerprint density at radius 2 is 1.92 bits per heavy atom. The summed E-state index contributed by atoms with van der Waals surface area (Å²) in [6.45, 7) is 6.89. The van der Waals surface area contributed by atoms with Gasteiger partial charge in [-0.2, -0.15) is 13.2 Å². The van der Waals surface area contributed by atoms with E-state index in [-0.39, 0.29) is 13.0 Å². The lowest BCUT2D eigenvalue weighted by Crippen LogP contribution is -2.41. The van der Waals surface area contributed by atoms with Gasteiger partial charge in [-0.3, -0.25) is 5.09 Å². The third-order valence-corrected chi connectivity index (χ3v) is 4.57. The standard InChI is InChI=1S/C16H24ClF3N2O2P2/c1-15(2,3)24-14(23)21-9-11-7-12(17)6-5-10(11)8-13(16(18,19)20)22-26(4)25/h5-7,13,22H,8-9,25H2,1-4H3,(H,21,23). The highest BCUT2D eigenvalue weighted by molar-refractivity contribution is 8.12. The van der Waals surface area contributed by atoms with Gasteiger partial charge in [-0.1, -0.05) is 26.6 Å². The molecule has 26 heavy (non-hydrogen) atoms. The number of amides is 1. The average Bonchev–Trinajstić information content (AvgIpc) is 2.43. The molecule has 1 amide bonds. The highest BCUT2D eigenvalue weighted by atomic mass is 35.5. The van der Waals surface area contributed by atoms with Crippen LogP contribution >= 0.6 is 28.3 Å². The summed E-state index contributed by atoms with van der Waals surface area (Å²) in [5, 5.41) is 5.50. The number of nitrogens with one attached hydrogen (secondary N) is 2. The fourth-order valence-corrected chi connectivity index (χ4v) is 3.60. The Hall–Kier alpha value is -0.610. The Labute approximate surface area is 160 Å². The van der Waals surface area contributed by atoms with Gasteiger partial charge < -0.3 is 10.1 Å². The van der Waals surface area contributed by atoms with Crippen LogP contribution in [0.25, 0.3) is 0 Å². The predicted molar refractivity (Wildman–Crippen MR) is 104 cm³/mol. The lowest BCUT2D eigenvalue weighted by Gasteiger charge is -2.25. The van der Waals surface area contributed by atoms with E-state index in [0.717, 1.165) is 0 Å². The van der Waals surface area contributed by atoms with Gasteiger partial charge >= 0.3 is 12.3 Å². The zero-order chi connectivity index (χ0) is 20.1. The highest BCUT2D eigenvalue weighted by Crippen LogP contribution is 2.39. The topological polar surface area (TPSA) is 50.4 Å². The Morgan fingerprint density at radius 3 is 2.42 bits per heavy atom. The van der Waals surface area contributed by atoms with Crippen molar-refractivity contribution in [3.8, 4) is 0 Å². The molecule has 3 atom stereocenters. The van der Waals surface area contributed by atoms with Gasteiger partial charge in [-0.05, 0) is 64.9 Å². The summed E-state index contributed by atoms with van der Waals surface area (Å²) in [5.74, 6) is 0. The minimum absolute atomic E-state index is 0.0249. The van der Waals surface area contributed by atoms with E-state index in [4.69, 9.17) is 16.3 Å². The van der Waals surface area contributed by atoms with E-state index >= 15 is 0 Å². The van der Waals surface area contributed by atoms with Crippen LogP contribution in [0.5, 0.6) is 0 Å². The first-order valence-corrected chi connectivity index (χ1v) is 11.6. The molecule has 0 aromatic heterocycles. The molecule has 0 aliphatic carbocycles. The molecule has 1 aromatic carbocycles. The second-order valence-corrected chi connectivity index (χ2v) is 11.0. The molecule has 0 aliphatic heterocycles. The molecule has 1 aromatic rings. The van der Waals surface area contributed by atoms with Crippen molar-refractivity contribution >= 4 is 34.4 Å². The number of hydrogen-bond acceptors (Lipinski definition) is 3. The van der Waals surface area contributed by atoms with Crippen LogP contribution in [0.15, 0.2) is 18.2 Å². The fourth-order valence-electron chi connectivity index (χ4n) is 2.14. The van der Waals surface area contributed by atoms with Gasteiger partial charge in [0, 0.05) is 11.6 Å². The molecular weight excluding hydrogens is 407 g/mol. The minimum atomic E-state index is -4.39. The van der Waals surface area contributed by atoms with Crippen LogP contribution in [-0.4, -0.2) is 30.6 Å². The molecule has 4 nitrogen and oxygen atoms in total. The molecule has 1 rings (SSSR count). The molecule has 10 heteroatoms. The molecule has 0 radical (unpaired) electrons. The van der Waals surface area contributed by atoms with Crippen LogP contribution in [-0.2, 0) is 17.7 Å². The largest absolute Gasteiger partial charge is 0.444 e. The second-order valence-electron chi connectivity index (χ2n) is 6.81. The monoisotopic (exact) mass is 430 g/mol. The first kappa shape index (κ1) is 23.4. The number of hydrogen-bond donors (Lipinski definition) is 2. The van der Waals surface area contributed by atoms with Gasteiger partial charge in [0.05, 0.1) is 0 Å². The number of ether oxygens (including phenoxy) is 1. The fraction of sp³-hybridized carbons (Fsp3) is 0.562. The third-order valence-electron chi connectivity index (χ3n) is 3.17. The maximum absolute atomic E-state index is 13.3. The van der Waals surface area contributed by atoms with Crippen molar-refractivity contribution < 1.29 is 22.7 Å². The van der Waals surface area contributed by atoms with Crippen molar-refractivity contribution in [1.82, 2.24) is 10.4 Å². The van der Waals surface area contributed by atoms with Crippen molar-refractivity contribution in [3.63, 3.8) is 0 Å². The summed E-state index contributed by atoms with van der Waals surface area (Å²) in [4.78, 5) is 11.8. The van der Waals surface area contributed by atoms with Gasteiger partial charge in [0.2, 0.25) is 0 Å². The molecule has 0 spiro atoms. The summed E-state index contributed by atoms with van der Waals surface area (Å²) in [6, 6.07) is 2.96. The molecule has 0 bridgehead atoms. The van der Waals surface area contributed by atoms with Crippen LogP contribution in [0.2, 0.25) is 5.02 Å². The van der Waals surface area contributed by atoms with Crippen LogP contribution in [0, 0.1) is 0 Å². The summed E-state index contributed by atoms with van der Waals surface area (Å²) in [5.41, 5.74) is 0.314. The maximum Gasteiger partial charge on any atom is 0.407 e. The molecule has 0 saturated heterocycles. The van der Waals surface area contributed by atoms with E-state index in [2.05, 4.69) is 19.3 Å². The lowest BCUT2D eigenvalue weighted by molar-refractivity contribution is -0.150. The SMILES string of the molecule is CP(P)NC(Cc1ccc(Cl)cc1CNC(=O)OC(C)(C)C)C(F)(F)F. The van der Waals surface area contributed by atoms with Gasteiger partial charge in [-0.25, -0.2) is 4.79 Å². The van der Waals surface area contributed by atoms with Crippen LogP contribution in [0.1, 0.15) is 31.9 Å². The van der Waals surface area contributed by atoms with E-state index in [1.165, 1.54) is 6.07 Å². The van der Waals surface area contributed by atoms with Crippen LogP contribution in [0.4, 0.5) is 18.0 Å². The number of alkyl carbamates (subject to hydrolysis) is 1. The Morgan fingerprint density at radius 1 is 1.31 bits per heavy atom. The van der Waals surface area contributed by atoms with Crippen molar-refractivity contribution in [1.29, 1.82) is 0 Å². The summed E-state index contributed by atoms with van der Waals surface area (Å²) < 4.78 is 45.0. The zero-order valence-corrected chi connectivity index (χ0v) is 17.9. The lowest BCUT2D eigenvalue weighted by atomic mass is 10.00.